The smallest absolute Gasteiger partial charge is 0.314 e. The summed E-state index contributed by atoms with van der Waals surface area (Å²) in [6.07, 6.45) is 1.68. The normalized spacial score (nSPS) is 16.1. The molecule has 1 unspecified atom stereocenters. The zero-order chi connectivity index (χ0) is 18.6. The van der Waals surface area contributed by atoms with Gasteiger partial charge < -0.3 is 21.1 Å². The highest BCUT2D eigenvalue weighted by Gasteiger charge is 2.18. The molecule has 4 rings (SSSR count). The Kier molecular flexibility index (Phi) is 5.27. The predicted octanol–water partition coefficient (Wildman–Crippen LogP) is 3.16. The van der Waals surface area contributed by atoms with Crippen molar-refractivity contribution in [2.75, 3.05) is 13.1 Å². The molecule has 140 valence electrons. The van der Waals surface area contributed by atoms with Gasteiger partial charge in [-0.25, -0.2) is 4.79 Å². The van der Waals surface area contributed by atoms with Crippen molar-refractivity contribution in [2.45, 2.75) is 25.4 Å². The lowest BCUT2D eigenvalue weighted by Gasteiger charge is -2.26. The standard InChI is InChI=1S/C21H23N3O2S/c25-18-6-5-14-9-17(23-12-16(14)10-18)13-24-21(26)22-8-7-19-11-15-3-1-2-4-20(15)27-19/h1-6,10-11,17,23,25H,7-9,12-13H2,(H2,22,24,26). The van der Waals surface area contributed by atoms with Crippen molar-refractivity contribution < 1.29 is 9.90 Å². The first-order valence-corrected chi connectivity index (χ1v) is 10.0. The molecular weight excluding hydrogens is 358 g/mol. The van der Waals surface area contributed by atoms with E-state index in [0.29, 0.717) is 25.4 Å². The van der Waals surface area contributed by atoms with Gasteiger partial charge in [0.2, 0.25) is 0 Å². The third-order valence-corrected chi connectivity index (χ3v) is 6.06. The molecule has 1 aliphatic rings. The number of phenolic OH excluding ortho intramolecular Hbond substituents is 1. The maximum Gasteiger partial charge on any atom is 0.314 e. The van der Waals surface area contributed by atoms with Crippen LogP contribution in [0.5, 0.6) is 5.75 Å². The molecule has 0 saturated heterocycles. The minimum absolute atomic E-state index is 0.130. The van der Waals surface area contributed by atoms with Gasteiger partial charge >= 0.3 is 6.03 Å². The van der Waals surface area contributed by atoms with E-state index in [0.717, 1.165) is 18.4 Å². The summed E-state index contributed by atoms with van der Waals surface area (Å²) in [6.45, 7) is 1.91. The summed E-state index contributed by atoms with van der Waals surface area (Å²) >= 11 is 1.78. The van der Waals surface area contributed by atoms with Gasteiger partial charge in [-0.15, -0.1) is 11.3 Å². The second-order valence-electron chi connectivity index (χ2n) is 6.87. The van der Waals surface area contributed by atoms with Crippen LogP contribution in [-0.2, 0) is 19.4 Å². The van der Waals surface area contributed by atoms with E-state index >= 15 is 0 Å². The molecule has 6 heteroatoms. The van der Waals surface area contributed by atoms with E-state index in [1.807, 2.05) is 12.1 Å². The number of benzene rings is 2. The van der Waals surface area contributed by atoms with Crippen molar-refractivity contribution >= 4 is 27.5 Å². The molecule has 0 fully saturated rings. The highest BCUT2D eigenvalue weighted by molar-refractivity contribution is 7.19. The first-order valence-electron chi connectivity index (χ1n) is 9.21. The number of nitrogens with one attached hydrogen (secondary N) is 3. The molecule has 0 bridgehead atoms. The number of urea groups is 1. The fraction of sp³-hybridized carbons (Fsp3) is 0.286. The van der Waals surface area contributed by atoms with Crippen LogP contribution in [0.25, 0.3) is 10.1 Å². The van der Waals surface area contributed by atoms with Crippen LogP contribution >= 0.6 is 11.3 Å². The maximum absolute atomic E-state index is 12.1. The van der Waals surface area contributed by atoms with E-state index in [1.54, 1.807) is 23.5 Å². The number of carbonyl (C=O) groups is 1. The van der Waals surface area contributed by atoms with E-state index in [-0.39, 0.29) is 12.1 Å². The van der Waals surface area contributed by atoms with Crippen LogP contribution < -0.4 is 16.0 Å². The number of carbonyl (C=O) groups excluding carboxylic acids is 1. The molecule has 2 aromatic carbocycles. The lowest BCUT2D eigenvalue weighted by atomic mass is 9.95. The van der Waals surface area contributed by atoms with E-state index in [2.05, 4.69) is 40.2 Å². The average molecular weight is 382 g/mol. The quantitative estimate of drug-likeness (QED) is 0.549. The van der Waals surface area contributed by atoms with E-state index < -0.39 is 0 Å². The zero-order valence-corrected chi connectivity index (χ0v) is 15.8. The molecular formula is C21H23N3O2S. The topological polar surface area (TPSA) is 73.4 Å². The van der Waals surface area contributed by atoms with Crippen molar-refractivity contribution in [2.24, 2.45) is 0 Å². The van der Waals surface area contributed by atoms with Gasteiger partial charge in [-0.2, -0.15) is 0 Å². The molecule has 0 saturated carbocycles. The van der Waals surface area contributed by atoms with Crippen molar-refractivity contribution in [3.8, 4) is 5.75 Å². The summed E-state index contributed by atoms with van der Waals surface area (Å²) in [4.78, 5) is 13.3. The Morgan fingerprint density at radius 2 is 2.04 bits per heavy atom. The van der Waals surface area contributed by atoms with Gasteiger partial charge in [0.15, 0.2) is 0 Å². The average Bonchev–Trinajstić information content (AvgIpc) is 3.09. The molecule has 5 nitrogen and oxygen atoms in total. The molecule has 1 atom stereocenters. The summed E-state index contributed by atoms with van der Waals surface area (Å²) in [7, 11) is 0. The molecule has 3 aromatic rings. The Balaban J connectivity index is 1.20. The van der Waals surface area contributed by atoms with Crippen molar-refractivity contribution in [1.29, 1.82) is 0 Å². The van der Waals surface area contributed by atoms with Crippen molar-refractivity contribution in [1.82, 2.24) is 16.0 Å². The number of fused-ring (bicyclic) bond motifs is 2. The Labute approximate surface area is 162 Å². The summed E-state index contributed by atoms with van der Waals surface area (Å²) in [5, 5.41) is 20.1. The van der Waals surface area contributed by atoms with Gasteiger partial charge in [-0.1, -0.05) is 24.3 Å². The van der Waals surface area contributed by atoms with Crippen molar-refractivity contribution in [3.05, 3.63) is 64.5 Å². The Morgan fingerprint density at radius 3 is 2.93 bits per heavy atom. The highest BCUT2D eigenvalue weighted by Crippen LogP contribution is 2.25. The monoisotopic (exact) mass is 381 g/mol. The fourth-order valence-electron chi connectivity index (χ4n) is 3.45. The molecule has 27 heavy (non-hydrogen) atoms. The first-order chi connectivity index (χ1) is 13.2. The third kappa shape index (κ3) is 4.40. The van der Waals surface area contributed by atoms with E-state index in [9.17, 15) is 9.90 Å². The largest absolute Gasteiger partial charge is 0.508 e. The molecule has 0 spiro atoms. The lowest BCUT2D eigenvalue weighted by Crippen LogP contribution is -2.47. The molecule has 0 aliphatic carbocycles. The van der Waals surface area contributed by atoms with Gasteiger partial charge in [-0.05, 0) is 53.6 Å². The third-order valence-electron chi connectivity index (χ3n) is 4.88. The van der Waals surface area contributed by atoms with Gasteiger partial charge in [0.05, 0.1) is 0 Å². The second kappa shape index (κ2) is 7.98. The Morgan fingerprint density at radius 1 is 1.15 bits per heavy atom. The SMILES string of the molecule is O=C(NCCc1cc2ccccc2s1)NCC1Cc2ccc(O)cc2CN1. The summed E-state index contributed by atoms with van der Waals surface area (Å²) in [5.41, 5.74) is 2.35. The van der Waals surface area contributed by atoms with Crippen LogP contribution in [0.3, 0.4) is 0 Å². The molecule has 1 aromatic heterocycles. The lowest BCUT2D eigenvalue weighted by molar-refractivity contribution is 0.239. The number of amides is 2. The highest BCUT2D eigenvalue weighted by atomic mass is 32.1. The maximum atomic E-state index is 12.1. The molecule has 4 N–H and O–H groups in total. The van der Waals surface area contributed by atoms with Crippen LogP contribution in [0.2, 0.25) is 0 Å². The Hall–Kier alpha value is -2.57. The summed E-state index contributed by atoms with van der Waals surface area (Å²) < 4.78 is 1.29. The number of thiophene rings is 1. The number of aromatic hydroxyl groups is 1. The molecule has 2 amide bonds. The van der Waals surface area contributed by atoms with Crippen molar-refractivity contribution in [3.63, 3.8) is 0 Å². The minimum Gasteiger partial charge on any atom is -0.508 e. The number of phenols is 1. The second-order valence-corrected chi connectivity index (χ2v) is 8.04. The van der Waals surface area contributed by atoms with Crippen LogP contribution in [0.4, 0.5) is 4.79 Å². The van der Waals surface area contributed by atoms with Crippen LogP contribution in [0, 0.1) is 0 Å². The molecule has 2 heterocycles. The van der Waals surface area contributed by atoms with E-state index in [1.165, 1.54) is 20.5 Å². The predicted molar refractivity (Wildman–Crippen MR) is 109 cm³/mol. The fourth-order valence-corrected chi connectivity index (χ4v) is 4.51. The number of rotatable bonds is 5. The van der Waals surface area contributed by atoms with Crippen LogP contribution in [-0.4, -0.2) is 30.3 Å². The summed E-state index contributed by atoms with van der Waals surface area (Å²) in [6, 6.07) is 16.1. The van der Waals surface area contributed by atoms with Gasteiger partial charge in [0.1, 0.15) is 5.75 Å². The van der Waals surface area contributed by atoms with Crippen LogP contribution in [0.1, 0.15) is 16.0 Å². The van der Waals surface area contributed by atoms with Gasteiger partial charge in [0.25, 0.3) is 0 Å². The van der Waals surface area contributed by atoms with Crippen LogP contribution in [0.15, 0.2) is 48.5 Å². The van der Waals surface area contributed by atoms with Gasteiger partial charge in [0, 0.05) is 35.3 Å². The Bertz CT molecular complexity index is 921. The minimum atomic E-state index is -0.130. The van der Waals surface area contributed by atoms with E-state index in [4.69, 9.17) is 0 Å². The first kappa shape index (κ1) is 17.8. The molecule has 0 radical (unpaired) electrons. The van der Waals surface area contributed by atoms with Gasteiger partial charge in [-0.3, -0.25) is 0 Å². The zero-order valence-electron chi connectivity index (χ0n) is 15.0. The number of hydrogen-bond donors (Lipinski definition) is 4. The molecule has 1 aliphatic heterocycles. The number of hydrogen-bond acceptors (Lipinski definition) is 4. The summed E-state index contributed by atoms with van der Waals surface area (Å²) in [5.74, 6) is 0.296.